The van der Waals surface area contributed by atoms with E-state index in [4.69, 9.17) is 4.74 Å². The van der Waals surface area contributed by atoms with Crippen LogP contribution in [0.3, 0.4) is 0 Å². The van der Waals surface area contributed by atoms with Crippen molar-refractivity contribution in [2.45, 2.75) is 32.1 Å². The van der Waals surface area contributed by atoms with Crippen LogP contribution in [-0.2, 0) is 4.74 Å². The van der Waals surface area contributed by atoms with Gasteiger partial charge in [0, 0.05) is 19.6 Å². The fourth-order valence-electron chi connectivity index (χ4n) is 2.94. The normalized spacial score (nSPS) is 18.4. The highest BCUT2D eigenvalue weighted by molar-refractivity contribution is 5.92. The van der Waals surface area contributed by atoms with Crippen LogP contribution >= 0.6 is 0 Å². The number of nitrogens with zero attached hydrogens (tertiary/aromatic N) is 3. The molecule has 0 aromatic carbocycles. The monoisotopic (exact) mass is 316 g/mol. The number of carbonyl (C=O) groups is 1. The number of rotatable bonds is 5. The second kappa shape index (κ2) is 8.06. The maximum absolute atomic E-state index is 12.3. The van der Waals surface area contributed by atoms with Crippen LogP contribution < -0.4 is 5.32 Å². The van der Waals surface area contributed by atoms with E-state index in [1.165, 1.54) is 31.3 Å². The number of aromatic nitrogens is 2. The molecule has 0 bridgehead atoms. The van der Waals surface area contributed by atoms with Gasteiger partial charge in [-0.05, 0) is 32.1 Å². The molecule has 124 valence electrons. The second-order valence-corrected chi connectivity index (χ2v) is 5.98. The Morgan fingerprint density at radius 1 is 1.22 bits per heavy atom. The van der Waals surface area contributed by atoms with Gasteiger partial charge in [0.05, 0.1) is 25.6 Å². The summed E-state index contributed by atoms with van der Waals surface area (Å²) < 4.78 is 5.25. The summed E-state index contributed by atoms with van der Waals surface area (Å²) >= 11 is 0. The first-order valence-electron chi connectivity index (χ1n) is 8.44. The van der Waals surface area contributed by atoms with Gasteiger partial charge in [-0.2, -0.15) is 0 Å². The molecular weight excluding hydrogens is 292 g/mol. The average Bonchev–Trinajstić information content (AvgIpc) is 2.63. The third-order valence-corrected chi connectivity index (χ3v) is 4.31. The highest BCUT2D eigenvalue weighted by Crippen LogP contribution is 2.19. The summed E-state index contributed by atoms with van der Waals surface area (Å²) in [5.74, 6) is 0.652. The Bertz CT molecular complexity index is 550. The maximum Gasteiger partial charge on any atom is 0.274 e. The lowest BCUT2D eigenvalue weighted by atomic mass is 9.97. The van der Waals surface area contributed by atoms with Gasteiger partial charge >= 0.3 is 0 Å². The second-order valence-electron chi connectivity index (χ2n) is 5.98. The van der Waals surface area contributed by atoms with E-state index < -0.39 is 0 Å². The molecule has 1 aromatic heterocycles. The van der Waals surface area contributed by atoms with Crippen LogP contribution in [0.5, 0.6) is 0 Å². The molecule has 1 N–H and O–H groups in total. The van der Waals surface area contributed by atoms with Crippen molar-refractivity contribution in [3.05, 3.63) is 29.7 Å². The number of morpholine rings is 1. The smallest absolute Gasteiger partial charge is 0.274 e. The van der Waals surface area contributed by atoms with Gasteiger partial charge in [0.25, 0.3) is 5.91 Å². The Balaban J connectivity index is 1.48. The summed E-state index contributed by atoms with van der Waals surface area (Å²) in [7, 11) is 0. The van der Waals surface area contributed by atoms with Crippen LogP contribution in [-0.4, -0.2) is 53.6 Å². The van der Waals surface area contributed by atoms with E-state index in [0.29, 0.717) is 32.0 Å². The standard InChI is InChI=1S/C17H24N4O2/c22-17(21-8-10-23-11-9-21)15-12-20-16(13-19-15)18-7-6-14-4-2-1-3-5-14/h4,12-13H,1-3,5-11H2,(H,18,20). The minimum Gasteiger partial charge on any atom is -0.378 e. The summed E-state index contributed by atoms with van der Waals surface area (Å²) in [6.07, 6.45) is 11.7. The zero-order valence-electron chi connectivity index (χ0n) is 13.5. The SMILES string of the molecule is O=C(c1cnc(NCCC2=CCCCC2)cn1)N1CCOCC1. The topological polar surface area (TPSA) is 67.4 Å². The first-order chi connectivity index (χ1) is 11.3. The molecule has 1 aromatic rings. The van der Waals surface area contributed by atoms with Crippen molar-refractivity contribution in [1.29, 1.82) is 0 Å². The fourth-order valence-corrected chi connectivity index (χ4v) is 2.94. The predicted octanol–water partition coefficient (Wildman–Crippen LogP) is 2.25. The zero-order valence-corrected chi connectivity index (χ0v) is 13.5. The molecule has 0 atom stereocenters. The van der Waals surface area contributed by atoms with Crippen molar-refractivity contribution in [2.24, 2.45) is 0 Å². The predicted molar refractivity (Wildman–Crippen MR) is 88.4 cm³/mol. The minimum atomic E-state index is -0.0697. The van der Waals surface area contributed by atoms with Gasteiger partial charge in [-0.1, -0.05) is 11.6 Å². The average molecular weight is 316 g/mol. The third kappa shape index (κ3) is 4.51. The van der Waals surface area contributed by atoms with Crippen LogP contribution in [0.2, 0.25) is 0 Å². The summed E-state index contributed by atoms with van der Waals surface area (Å²) in [5, 5.41) is 3.28. The molecule has 23 heavy (non-hydrogen) atoms. The van der Waals surface area contributed by atoms with Crippen LogP contribution in [0.4, 0.5) is 5.82 Å². The zero-order chi connectivity index (χ0) is 15.9. The molecule has 2 heterocycles. The molecule has 0 saturated carbocycles. The van der Waals surface area contributed by atoms with Gasteiger partial charge in [0.15, 0.2) is 0 Å². The Kier molecular flexibility index (Phi) is 5.58. The van der Waals surface area contributed by atoms with Crippen molar-refractivity contribution in [2.75, 3.05) is 38.2 Å². The fraction of sp³-hybridized carbons (Fsp3) is 0.588. The molecule has 0 radical (unpaired) electrons. The number of carbonyl (C=O) groups excluding carboxylic acids is 1. The molecule has 1 amide bonds. The largest absolute Gasteiger partial charge is 0.378 e. The van der Waals surface area contributed by atoms with E-state index in [1.54, 1.807) is 17.3 Å². The van der Waals surface area contributed by atoms with E-state index in [0.717, 1.165) is 18.8 Å². The van der Waals surface area contributed by atoms with E-state index in [2.05, 4.69) is 21.4 Å². The van der Waals surface area contributed by atoms with Crippen molar-refractivity contribution >= 4 is 11.7 Å². The van der Waals surface area contributed by atoms with Crippen LogP contribution in [0.15, 0.2) is 24.0 Å². The Morgan fingerprint density at radius 2 is 2.09 bits per heavy atom. The summed E-state index contributed by atoms with van der Waals surface area (Å²) in [5.41, 5.74) is 1.93. The molecule has 1 aliphatic heterocycles. The highest BCUT2D eigenvalue weighted by Gasteiger charge is 2.19. The highest BCUT2D eigenvalue weighted by atomic mass is 16.5. The van der Waals surface area contributed by atoms with Crippen molar-refractivity contribution < 1.29 is 9.53 Å². The Morgan fingerprint density at radius 3 is 2.78 bits per heavy atom. The summed E-state index contributed by atoms with van der Waals surface area (Å²) in [4.78, 5) is 22.6. The van der Waals surface area contributed by atoms with Crippen LogP contribution in [0, 0.1) is 0 Å². The molecule has 2 aliphatic rings. The Hall–Kier alpha value is -1.95. The number of anilines is 1. The lowest BCUT2D eigenvalue weighted by Gasteiger charge is -2.26. The van der Waals surface area contributed by atoms with E-state index in [-0.39, 0.29) is 5.91 Å². The van der Waals surface area contributed by atoms with Gasteiger partial charge in [-0.3, -0.25) is 4.79 Å². The van der Waals surface area contributed by atoms with Crippen molar-refractivity contribution in [1.82, 2.24) is 14.9 Å². The number of amides is 1. The summed E-state index contributed by atoms with van der Waals surface area (Å²) in [6, 6.07) is 0. The van der Waals surface area contributed by atoms with E-state index in [9.17, 15) is 4.79 Å². The number of nitrogens with one attached hydrogen (secondary N) is 1. The van der Waals surface area contributed by atoms with Crippen LogP contribution in [0.25, 0.3) is 0 Å². The van der Waals surface area contributed by atoms with Crippen molar-refractivity contribution in [3.8, 4) is 0 Å². The number of hydrogen-bond donors (Lipinski definition) is 1. The molecule has 1 fully saturated rings. The van der Waals surface area contributed by atoms with Crippen molar-refractivity contribution in [3.63, 3.8) is 0 Å². The lowest BCUT2D eigenvalue weighted by Crippen LogP contribution is -2.41. The molecular formula is C17H24N4O2. The molecule has 0 spiro atoms. The maximum atomic E-state index is 12.3. The molecule has 3 rings (SSSR count). The third-order valence-electron chi connectivity index (χ3n) is 4.31. The van der Waals surface area contributed by atoms with Gasteiger partial charge in [0.1, 0.15) is 11.5 Å². The number of ether oxygens (including phenoxy) is 1. The molecule has 6 nitrogen and oxygen atoms in total. The summed E-state index contributed by atoms with van der Waals surface area (Å²) in [6.45, 7) is 3.28. The quantitative estimate of drug-likeness (QED) is 0.844. The van der Waals surface area contributed by atoms with Gasteiger partial charge in [-0.25, -0.2) is 9.97 Å². The number of hydrogen-bond acceptors (Lipinski definition) is 5. The first kappa shape index (κ1) is 15.9. The number of allylic oxidation sites excluding steroid dienone is 1. The minimum absolute atomic E-state index is 0.0697. The van der Waals surface area contributed by atoms with Gasteiger partial charge < -0.3 is 15.0 Å². The molecule has 0 unspecified atom stereocenters. The first-order valence-corrected chi connectivity index (χ1v) is 8.44. The molecule has 1 aliphatic carbocycles. The van der Waals surface area contributed by atoms with E-state index in [1.807, 2.05) is 0 Å². The van der Waals surface area contributed by atoms with Crippen LogP contribution in [0.1, 0.15) is 42.6 Å². The molecule has 1 saturated heterocycles. The van der Waals surface area contributed by atoms with Gasteiger partial charge in [0.2, 0.25) is 0 Å². The molecule has 6 heteroatoms. The Labute approximate surface area is 136 Å². The van der Waals surface area contributed by atoms with E-state index >= 15 is 0 Å². The lowest BCUT2D eigenvalue weighted by molar-refractivity contribution is 0.0298. The van der Waals surface area contributed by atoms with Gasteiger partial charge in [-0.15, -0.1) is 0 Å².